The second-order valence-corrected chi connectivity index (χ2v) is 4.37. The number of halogens is 3. The molecule has 0 aliphatic carbocycles. The molecule has 1 aromatic rings. The summed E-state index contributed by atoms with van der Waals surface area (Å²) in [7, 11) is 0. The molecule has 1 fully saturated rings. The number of alkyl halides is 3. The maximum Gasteiger partial charge on any atom is 0.421 e. The first-order valence-corrected chi connectivity index (χ1v) is 5.87. The van der Waals surface area contributed by atoms with E-state index >= 15 is 0 Å². The van der Waals surface area contributed by atoms with Crippen LogP contribution in [-0.2, 0) is 17.5 Å². The van der Waals surface area contributed by atoms with Gasteiger partial charge in [-0.2, -0.15) is 13.2 Å². The number of hydrogen-bond donors (Lipinski definition) is 0. The van der Waals surface area contributed by atoms with E-state index in [2.05, 4.69) is 0 Å². The van der Waals surface area contributed by atoms with Gasteiger partial charge in [-0.15, -0.1) is 0 Å². The molecule has 2 heterocycles. The highest BCUT2D eigenvalue weighted by molar-refractivity contribution is 5.14. The summed E-state index contributed by atoms with van der Waals surface area (Å²) in [5.74, 6) is 0. The van der Waals surface area contributed by atoms with Crippen LogP contribution in [0.4, 0.5) is 13.2 Å². The van der Waals surface area contributed by atoms with Crippen molar-refractivity contribution < 1.29 is 17.9 Å². The predicted octanol–water partition coefficient (Wildman–Crippen LogP) is 2.44. The van der Waals surface area contributed by atoms with Gasteiger partial charge < -0.3 is 9.30 Å². The largest absolute Gasteiger partial charge is 0.421 e. The van der Waals surface area contributed by atoms with Crippen LogP contribution in [0.1, 0.15) is 24.8 Å². The fraction of sp³-hybridized carbons (Fsp3) is 0.583. The maximum atomic E-state index is 12.6. The lowest BCUT2D eigenvalue weighted by Crippen LogP contribution is -2.33. The Kier molecular flexibility index (Phi) is 3.75. The zero-order chi connectivity index (χ0) is 13.2. The number of nitrogens with zero attached hydrogens (tertiary/aromatic N) is 1. The fourth-order valence-corrected chi connectivity index (χ4v) is 2.07. The first-order chi connectivity index (χ1) is 8.48. The van der Waals surface area contributed by atoms with Gasteiger partial charge in [-0.1, -0.05) is 0 Å². The van der Waals surface area contributed by atoms with E-state index in [1.807, 2.05) is 0 Å². The summed E-state index contributed by atoms with van der Waals surface area (Å²) < 4.78 is 44.2. The highest BCUT2D eigenvalue weighted by Gasteiger charge is 2.34. The van der Waals surface area contributed by atoms with Crippen LogP contribution in [0.3, 0.4) is 0 Å². The van der Waals surface area contributed by atoms with Gasteiger partial charge in [-0.05, 0) is 31.4 Å². The van der Waals surface area contributed by atoms with Crippen LogP contribution in [0, 0.1) is 0 Å². The Hall–Kier alpha value is -1.30. The quantitative estimate of drug-likeness (QED) is 0.818. The van der Waals surface area contributed by atoms with Crippen molar-refractivity contribution in [2.75, 3.05) is 6.61 Å². The summed E-state index contributed by atoms with van der Waals surface area (Å²) in [6, 6.07) is 2.05. The van der Waals surface area contributed by atoms with E-state index in [1.54, 1.807) is 0 Å². The monoisotopic (exact) mass is 261 g/mol. The molecule has 18 heavy (non-hydrogen) atoms. The SMILES string of the molecule is O=c1c(C(F)(F)F)cccn1CC1CCCCO1. The van der Waals surface area contributed by atoms with E-state index in [-0.39, 0.29) is 12.6 Å². The van der Waals surface area contributed by atoms with Crippen molar-refractivity contribution in [3.63, 3.8) is 0 Å². The minimum Gasteiger partial charge on any atom is -0.376 e. The topological polar surface area (TPSA) is 31.2 Å². The molecule has 0 N–H and O–H groups in total. The Morgan fingerprint density at radius 1 is 1.39 bits per heavy atom. The van der Waals surface area contributed by atoms with Crippen molar-refractivity contribution in [1.82, 2.24) is 4.57 Å². The molecular weight excluding hydrogens is 247 g/mol. The van der Waals surface area contributed by atoms with Crippen LogP contribution in [0.5, 0.6) is 0 Å². The molecule has 1 aromatic heterocycles. The predicted molar refractivity (Wildman–Crippen MR) is 59.3 cm³/mol. The smallest absolute Gasteiger partial charge is 0.376 e. The second kappa shape index (κ2) is 5.14. The lowest BCUT2D eigenvalue weighted by atomic mass is 10.1. The maximum absolute atomic E-state index is 12.6. The van der Waals surface area contributed by atoms with Crippen LogP contribution in [0.15, 0.2) is 23.1 Å². The van der Waals surface area contributed by atoms with E-state index in [4.69, 9.17) is 4.74 Å². The normalized spacial score (nSPS) is 20.9. The summed E-state index contributed by atoms with van der Waals surface area (Å²) in [6.45, 7) is 0.793. The van der Waals surface area contributed by atoms with E-state index in [9.17, 15) is 18.0 Å². The lowest BCUT2D eigenvalue weighted by molar-refractivity contribution is -0.139. The summed E-state index contributed by atoms with van der Waals surface area (Å²) in [6.07, 6.45) is -0.669. The molecule has 3 nitrogen and oxygen atoms in total. The molecule has 0 saturated carbocycles. The molecule has 1 aliphatic rings. The Bertz CT molecular complexity index is 461. The number of hydrogen-bond acceptors (Lipinski definition) is 2. The highest BCUT2D eigenvalue weighted by Crippen LogP contribution is 2.26. The van der Waals surface area contributed by atoms with Gasteiger partial charge in [0, 0.05) is 12.8 Å². The Morgan fingerprint density at radius 2 is 2.17 bits per heavy atom. The summed E-state index contributed by atoms with van der Waals surface area (Å²) in [5, 5.41) is 0. The zero-order valence-electron chi connectivity index (χ0n) is 9.74. The van der Waals surface area contributed by atoms with Crippen molar-refractivity contribution in [2.45, 2.75) is 38.1 Å². The van der Waals surface area contributed by atoms with E-state index in [0.717, 1.165) is 29.9 Å². The average Bonchev–Trinajstić information content (AvgIpc) is 2.32. The van der Waals surface area contributed by atoms with Crippen molar-refractivity contribution >= 4 is 0 Å². The molecule has 0 bridgehead atoms. The highest BCUT2D eigenvalue weighted by atomic mass is 19.4. The van der Waals surface area contributed by atoms with Crippen LogP contribution in [0.2, 0.25) is 0 Å². The minimum absolute atomic E-state index is 0.167. The van der Waals surface area contributed by atoms with Gasteiger partial charge in [-0.25, -0.2) is 0 Å². The van der Waals surface area contributed by atoms with Gasteiger partial charge in [0.15, 0.2) is 0 Å². The average molecular weight is 261 g/mol. The molecule has 0 aromatic carbocycles. The molecule has 0 amide bonds. The fourth-order valence-electron chi connectivity index (χ4n) is 2.07. The van der Waals surface area contributed by atoms with Crippen LogP contribution < -0.4 is 5.56 Å². The van der Waals surface area contributed by atoms with Gasteiger partial charge in [0.1, 0.15) is 5.56 Å². The van der Waals surface area contributed by atoms with Crippen molar-refractivity contribution in [3.8, 4) is 0 Å². The number of aromatic nitrogens is 1. The lowest BCUT2D eigenvalue weighted by Gasteiger charge is -2.23. The molecule has 6 heteroatoms. The Balaban J connectivity index is 2.21. The van der Waals surface area contributed by atoms with Crippen molar-refractivity contribution in [3.05, 3.63) is 34.2 Å². The van der Waals surface area contributed by atoms with Crippen molar-refractivity contribution in [1.29, 1.82) is 0 Å². The van der Waals surface area contributed by atoms with Gasteiger partial charge in [0.05, 0.1) is 12.6 Å². The first kappa shape index (κ1) is 13.1. The van der Waals surface area contributed by atoms with Crippen LogP contribution >= 0.6 is 0 Å². The number of rotatable bonds is 2. The molecule has 1 aliphatic heterocycles. The number of pyridine rings is 1. The summed E-state index contributed by atoms with van der Waals surface area (Å²) in [5.41, 5.74) is -2.13. The zero-order valence-corrected chi connectivity index (χ0v) is 9.74. The summed E-state index contributed by atoms with van der Waals surface area (Å²) in [4.78, 5) is 11.7. The van der Waals surface area contributed by atoms with E-state index in [1.165, 1.54) is 12.3 Å². The summed E-state index contributed by atoms with van der Waals surface area (Å²) >= 11 is 0. The third kappa shape index (κ3) is 2.93. The molecular formula is C12H14F3NO2. The molecule has 0 radical (unpaired) electrons. The van der Waals surface area contributed by atoms with E-state index in [0.29, 0.717) is 6.61 Å². The molecule has 1 atom stereocenters. The minimum atomic E-state index is -4.60. The standard InChI is InChI=1S/C12H14F3NO2/c13-12(14,15)10-5-3-6-16(11(10)17)8-9-4-1-2-7-18-9/h3,5-6,9H,1-2,4,7-8H2. The first-order valence-electron chi connectivity index (χ1n) is 5.87. The Morgan fingerprint density at radius 3 is 2.78 bits per heavy atom. The molecule has 1 unspecified atom stereocenters. The van der Waals surface area contributed by atoms with Crippen molar-refractivity contribution in [2.24, 2.45) is 0 Å². The molecule has 0 spiro atoms. The second-order valence-electron chi connectivity index (χ2n) is 4.37. The van der Waals surface area contributed by atoms with Gasteiger partial charge in [-0.3, -0.25) is 4.79 Å². The third-order valence-electron chi connectivity index (χ3n) is 3.00. The molecule has 2 rings (SSSR count). The van der Waals surface area contributed by atoms with Crippen LogP contribution in [-0.4, -0.2) is 17.3 Å². The molecule has 100 valence electrons. The van der Waals surface area contributed by atoms with Gasteiger partial charge in [0.2, 0.25) is 0 Å². The van der Waals surface area contributed by atoms with Gasteiger partial charge in [0.25, 0.3) is 5.56 Å². The van der Waals surface area contributed by atoms with Gasteiger partial charge >= 0.3 is 6.18 Å². The Labute approximate surface area is 102 Å². The third-order valence-corrected chi connectivity index (χ3v) is 3.00. The van der Waals surface area contributed by atoms with E-state index < -0.39 is 17.3 Å². The molecule has 1 saturated heterocycles. The number of ether oxygens (including phenoxy) is 1. The van der Waals surface area contributed by atoms with Crippen LogP contribution in [0.25, 0.3) is 0 Å².